The zero-order chi connectivity index (χ0) is 41.9. The molecule has 0 N–H and O–H groups in total. The van der Waals surface area contributed by atoms with Gasteiger partial charge in [-0.05, 0) is 72.6 Å². The molecule has 0 fully saturated rings. The smallest absolute Gasteiger partial charge is 0.160 e. The lowest BCUT2D eigenvalue weighted by Crippen LogP contribution is -2.02. The Bertz CT molecular complexity index is 3580. The molecule has 12 rings (SSSR count). The molecule has 0 atom stereocenters. The number of aryl methyl sites for hydroxylation is 1. The van der Waals surface area contributed by atoms with Crippen LogP contribution in [0, 0.1) is 6.92 Å². The van der Waals surface area contributed by atoms with Gasteiger partial charge >= 0.3 is 0 Å². The van der Waals surface area contributed by atoms with Crippen LogP contribution in [0.5, 0.6) is 0 Å². The van der Waals surface area contributed by atoms with Crippen LogP contribution in [0.3, 0.4) is 0 Å². The molecule has 0 saturated carbocycles. The van der Waals surface area contributed by atoms with E-state index in [1.165, 1.54) is 49.3 Å². The van der Waals surface area contributed by atoms with E-state index in [1.54, 1.807) is 0 Å². The van der Waals surface area contributed by atoms with Gasteiger partial charge in [-0.3, -0.25) is 0 Å². The van der Waals surface area contributed by atoms with Gasteiger partial charge in [0.15, 0.2) is 5.82 Å². The predicted octanol–water partition coefficient (Wildman–Crippen LogP) is 15.3. The molecule has 0 saturated heterocycles. The second kappa shape index (κ2) is 15.0. The second-order valence-corrected chi connectivity index (χ2v) is 16.3. The summed E-state index contributed by atoms with van der Waals surface area (Å²) >= 11 is 0. The molecule has 9 aromatic carbocycles. The van der Waals surface area contributed by atoms with E-state index in [0.29, 0.717) is 5.82 Å². The number of para-hydroxylation sites is 4. The maximum Gasteiger partial charge on any atom is 0.160 e. The van der Waals surface area contributed by atoms with Crippen molar-refractivity contribution in [2.24, 2.45) is 0 Å². The molecule has 0 unspecified atom stereocenters. The number of hydrogen-bond acceptors (Lipinski definition) is 2. The van der Waals surface area contributed by atoms with Gasteiger partial charge in [0, 0.05) is 49.4 Å². The van der Waals surface area contributed by atoms with E-state index in [0.717, 1.165) is 61.6 Å². The molecule has 4 heteroatoms. The summed E-state index contributed by atoms with van der Waals surface area (Å²) in [6, 6.07) is 80.5. The molecule has 0 spiro atoms. The van der Waals surface area contributed by atoms with E-state index in [4.69, 9.17) is 9.97 Å². The van der Waals surface area contributed by atoms with Crippen LogP contribution in [-0.2, 0) is 0 Å². The van der Waals surface area contributed by atoms with E-state index in [-0.39, 0.29) is 0 Å². The van der Waals surface area contributed by atoms with E-state index in [9.17, 15) is 0 Å². The van der Waals surface area contributed by atoms with Crippen LogP contribution in [0.4, 0.5) is 0 Å². The molecule has 63 heavy (non-hydrogen) atoms. The molecule has 296 valence electrons. The predicted molar refractivity (Wildman–Crippen MR) is 263 cm³/mol. The number of nitrogens with zero attached hydrogens (tertiary/aromatic N) is 4. The summed E-state index contributed by atoms with van der Waals surface area (Å²) in [4.78, 5) is 10.4. The fourth-order valence-electron chi connectivity index (χ4n) is 9.49. The van der Waals surface area contributed by atoms with Gasteiger partial charge in [-0.25, -0.2) is 9.97 Å². The Hall–Kier alpha value is -8.34. The topological polar surface area (TPSA) is 35.6 Å². The zero-order valence-electron chi connectivity index (χ0n) is 34.7. The fourth-order valence-corrected chi connectivity index (χ4v) is 9.49. The van der Waals surface area contributed by atoms with Crippen molar-refractivity contribution in [3.8, 4) is 67.5 Å². The second-order valence-electron chi connectivity index (χ2n) is 16.3. The molecule has 0 bridgehead atoms. The molecule has 0 radical (unpaired) electrons. The lowest BCUT2D eigenvalue weighted by atomic mass is 9.96. The summed E-state index contributed by atoms with van der Waals surface area (Å²) < 4.78 is 4.89. The van der Waals surface area contributed by atoms with Crippen LogP contribution in [0.25, 0.3) is 111 Å². The van der Waals surface area contributed by atoms with Gasteiger partial charge in [0.25, 0.3) is 0 Å². The SMILES string of the molecule is Cc1cccc(-c2ccc3c(c2)c2ccccc2n3-c2ccc(-c3cc(-c4ccccc4)nc(-c4ccccc4)n3)cc2-c2ccccc2-n2c3ccccc3c3ccccc32)c1. The van der Waals surface area contributed by atoms with Gasteiger partial charge in [-0.1, -0.05) is 175 Å². The van der Waals surface area contributed by atoms with Crippen LogP contribution < -0.4 is 0 Å². The van der Waals surface area contributed by atoms with Crippen LogP contribution in [0.2, 0.25) is 0 Å². The van der Waals surface area contributed by atoms with Crippen molar-refractivity contribution in [3.63, 3.8) is 0 Å². The van der Waals surface area contributed by atoms with Crippen molar-refractivity contribution < 1.29 is 0 Å². The molecule has 3 heterocycles. The van der Waals surface area contributed by atoms with Gasteiger partial charge < -0.3 is 9.13 Å². The molecule has 0 aliphatic heterocycles. The van der Waals surface area contributed by atoms with Crippen molar-refractivity contribution in [2.45, 2.75) is 6.92 Å². The first kappa shape index (κ1) is 36.5. The summed E-state index contributed by atoms with van der Waals surface area (Å²) in [6.07, 6.45) is 0. The third-order valence-corrected chi connectivity index (χ3v) is 12.4. The minimum atomic E-state index is 0.690. The van der Waals surface area contributed by atoms with Gasteiger partial charge in [0.2, 0.25) is 0 Å². The number of benzene rings is 9. The minimum Gasteiger partial charge on any atom is -0.309 e. The molecule has 3 aromatic heterocycles. The largest absolute Gasteiger partial charge is 0.309 e. The molecular weight excluding hydrogens is 765 g/mol. The van der Waals surface area contributed by atoms with Gasteiger partial charge in [-0.15, -0.1) is 0 Å². The Morgan fingerprint density at radius 1 is 0.302 bits per heavy atom. The molecule has 0 aliphatic carbocycles. The standard InChI is InChI=1S/C59H40N4/c1-39-17-16-22-42(35-39)43-31-33-57-49(36-43)47-25-10-15-30-56(47)63(57)58-34-32-44(52-38-51(40-18-4-2-5-19-40)60-59(61-52)41-20-6-3-7-21-41)37-50(58)48-26-11-14-29-55(48)62-53-27-12-8-23-45(53)46-24-9-13-28-54(46)62/h2-38H,1H3. The molecular formula is C59H40N4. The number of fused-ring (bicyclic) bond motifs is 6. The van der Waals surface area contributed by atoms with Crippen molar-refractivity contribution in [2.75, 3.05) is 0 Å². The highest BCUT2D eigenvalue weighted by Gasteiger charge is 2.22. The highest BCUT2D eigenvalue weighted by molar-refractivity contribution is 6.12. The number of rotatable bonds is 7. The summed E-state index contributed by atoms with van der Waals surface area (Å²) in [7, 11) is 0. The normalized spacial score (nSPS) is 11.6. The van der Waals surface area contributed by atoms with E-state index >= 15 is 0 Å². The Morgan fingerprint density at radius 3 is 1.46 bits per heavy atom. The third kappa shape index (κ3) is 6.23. The summed E-state index contributed by atoms with van der Waals surface area (Å²) in [5.41, 5.74) is 17.5. The Morgan fingerprint density at radius 2 is 0.794 bits per heavy atom. The van der Waals surface area contributed by atoms with Crippen LogP contribution >= 0.6 is 0 Å². The maximum atomic E-state index is 5.30. The van der Waals surface area contributed by atoms with E-state index < -0.39 is 0 Å². The van der Waals surface area contributed by atoms with Crippen LogP contribution in [0.15, 0.2) is 224 Å². The third-order valence-electron chi connectivity index (χ3n) is 12.4. The Labute approximate surface area is 365 Å². The fraction of sp³-hybridized carbons (Fsp3) is 0.0169. The molecule has 0 aliphatic rings. The van der Waals surface area contributed by atoms with Crippen molar-refractivity contribution >= 4 is 43.6 Å². The van der Waals surface area contributed by atoms with E-state index in [1.807, 2.05) is 24.3 Å². The highest BCUT2D eigenvalue weighted by Crippen LogP contribution is 2.43. The van der Waals surface area contributed by atoms with Crippen molar-refractivity contribution in [3.05, 3.63) is 230 Å². The molecule has 0 amide bonds. The monoisotopic (exact) mass is 804 g/mol. The van der Waals surface area contributed by atoms with Crippen LogP contribution in [-0.4, -0.2) is 19.1 Å². The minimum absolute atomic E-state index is 0.690. The molecule has 4 nitrogen and oxygen atoms in total. The number of aromatic nitrogens is 4. The van der Waals surface area contributed by atoms with Gasteiger partial charge in [0.05, 0.1) is 44.8 Å². The summed E-state index contributed by atoms with van der Waals surface area (Å²) in [5, 5.41) is 4.88. The van der Waals surface area contributed by atoms with Gasteiger partial charge in [0.1, 0.15) is 0 Å². The summed E-state index contributed by atoms with van der Waals surface area (Å²) in [6.45, 7) is 2.16. The zero-order valence-corrected chi connectivity index (χ0v) is 34.7. The quantitative estimate of drug-likeness (QED) is 0.161. The van der Waals surface area contributed by atoms with Crippen LogP contribution in [0.1, 0.15) is 5.56 Å². The molecule has 12 aromatic rings. The lowest BCUT2D eigenvalue weighted by Gasteiger charge is -2.20. The van der Waals surface area contributed by atoms with Crippen molar-refractivity contribution in [1.82, 2.24) is 19.1 Å². The van der Waals surface area contributed by atoms with E-state index in [2.05, 4.69) is 216 Å². The Kier molecular flexibility index (Phi) is 8.68. The first-order valence-corrected chi connectivity index (χ1v) is 21.5. The first-order valence-electron chi connectivity index (χ1n) is 21.5. The number of hydrogen-bond donors (Lipinski definition) is 0. The van der Waals surface area contributed by atoms with Crippen molar-refractivity contribution in [1.29, 1.82) is 0 Å². The first-order chi connectivity index (χ1) is 31.2. The maximum absolute atomic E-state index is 5.30. The average molecular weight is 805 g/mol. The highest BCUT2D eigenvalue weighted by atomic mass is 15.0. The van der Waals surface area contributed by atoms with Gasteiger partial charge in [-0.2, -0.15) is 0 Å². The Balaban J connectivity index is 1.15. The lowest BCUT2D eigenvalue weighted by molar-refractivity contribution is 1.16. The summed E-state index contributed by atoms with van der Waals surface area (Å²) in [5.74, 6) is 0.690. The average Bonchev–Trinajstić information content (AvgIpc) is 3.87.